The Kier molecular flexibility index (Phi) is 4.43. The fourth-order valence-corrected chi connectivity index (χ4v) is 2.20. The normalized spacial score (nSPS) is 20.8. The van der Waals surface area contributed by atoms with Crippen LogP contribution in [0.5, 0.6) is 0 Å². The minimum atomic E-state index is -1.13. The topological polar surface area (TPSA) is 87.7 Å². The van der Waals surface area contributed by atoms with Gasteiger partial charge < -0.3 is 9.84 Å². The van der Waals surface area contributed by atoms with Gasteiger partial charge in [-0.15, -0.1) is 0 Å². The number of carbonyl (C=O) groups is 2. The second-order valence-electron chi connectivity index (χ2n) is 5.52. The average molecular weight is 258 g/mol. The van der Waals surface area contributed by atoms with Crippen LogP contribution in [0.4, 0.5) is 9.59 Å². The molecule has 1 saturated carbocycles. The van der Waals surface area contributed by atoms with E-state index in [9.17, 15) is 9.59 Å². The van der Waals surface area contributed by atoms with Crippen molar-refractivity contribution in [1.29, 1.82) is 0 Å². The van der Waals surface area contributed by atoms with E-state index in [1.807, 2.05) is 0 Å². The maximum absolute atomic E-state index is 11.5. The Morgan fingerprint density at radius 1 is 1.17 bits per heavy atom. The van der Waals surface area contributed by atoms with Gasteiger partial charge in [-0.3, -0.25) is 10.6 Å². The van der Waals surface area contributed by atoms with E-state index >= 15 is 0 Å². The van der Waals surface area contributed by atoms with Crippen molar-refractivity contribution < 1.29 is 19.4 Å². The number of carboxylic acid groups (broad SMARTS) is 1. The molecule has 18 heavy (non-hydrogen) atoms. The first kappa shape index (κ1) is 14.6. The highest BCUT2D eigenvalue weighted by molar-refractivity contribution is 5.71. The molecule has 0 aromatic rings. The van der Waals surface area contributed by atoms with Gasteiger partial charge >= 0.3 is 12.2 Å². The molecule has 0 aromatic heterocycles. The van der Waals surface area contributed by atoms with Crippen molar-refractivity contribution in [2.75, 3.05) is 6.61 Å². The van der Waals surface area contributed by atoms with Gasteiger partial charge in [0.05, 0.1) is 6.61 Å². The minimum absolute atomic E-state index is 0.181. The van der Waals surface area contributed by atoms with Crippen molar-refractivity contribution in [2.45, 2.75) is 52.1 Å². The van der Waals surface area contributed by atoms with Gasteiger partial charge in [0.25, 0.3) is 0 Å². The fourth-order valence-electron chi connectivity index (χ4n) is 2.20. The molecule has 0 saturated heterocycles. The molecule has 0 aromatic carbocycles. The summed E-state index contributed by atoms with van der Waals surface area (Å²) in [6.07, 6.45) is 1.13. The lowest BCUT2D eigenvalue weighted by Gasteiger charge is -2.43. The van der Waals surface area contributed by atoms with Crippen LogP contribution < -0.4 is 10.6 Å². The van der Waals surface area contributed by atoms with Crippen LogP contribution in [-0.4, -0.2) is 29.6 Å². The van der Waals surface area contributed by atoms with Gasteiger partial charge in [0.1, 0.15) is 5.66 Å². The summed E-state index contributed by atoms with van der Waals surface area (Å²) in [7, 11) is 0. The lowest BCUT2D eigenvalue weighted by molar-refractivity contribution is 0.0838. The molecule has 0 heterocycles. The summed E-state index contributed by atoms with van der Waals surface area (Å²) in [6, 6.07) is 0. The molecule has 1 aliphatic rings. The van der Waals surface area contributed by atoms with E-state index in [2.05, 4.69) is 24.5 Å². The summed E-state index contributed by atoms with van der Waals surface area (Å²) in [4.78, 5) is 22.4. The number of alkyl carbamates (subject to hydrolysis) is 1. The molecule has 0 unspecified atom stereocenters. The van der Waals surface area contributed by atoms with Gasteiger partial charge in [-0.2, -0.15) is 0 Å². The third-order valence-electron chi connectivity index (χ3n) is 3.42. The summed E-state index contributed by atoms with van der Waals surface area (Å²) < 4.78 is 4.82. The Morgan fingerprint density at radius 3 is 2.17 bits per heavy atom. The van der Waals surface area contributed by atoms with E-state index in [0.717, 1.165) is 12.8 Å². The summed E-state index contributed by atoms with van der Waals surface area (Å²) in [6.45, 7) is 6.26. The summed E-state index contributed by atoms with van der Waals surface area (Å²) >= 11 is 0. The second-order valence-corrected chi connectivity index (χ2v) is 5.52. The molecule has 2 amide bonds. The summed E-state index contributed by atoms with van der Waals surface area (Å²) in [5, 5.41) is 14.0. The van der Waals surface area contributed by atoms with Crippen LogP contribution >= 0.6 is 0 Å². The zero-order valence-corrected chi connectivity index (χ0v) is 11.2. The first-order valence-electron chi connectivity index (χ1n) is 6.25. The zero-order chi connectivity index (χ0) is 13.8. The Morgan fingerprint density at radius 2 is 1.72 bits per heavy atom. The quantitative estimate of drug-likeness (QED) is 0.678. The third-order valence-corrected chi connectivity index (χ3v) is 3.42. The van der Waals surface area contributed by atoms with E-state index in [1.54, 1.807) is 6.92 Å². The molecule has 0 spiro atoms. The van der Waals surface area contributed by atoms with Gasteiger partial charge in [-0.05, 0) is 38.0 Å². The van der Waals surface area contributed by atoms with E-state index in [1.165, 1.54) is 0 Å². The highest BCUT2D eigenvalue weighted by Crippen LogP contribution is 2.39. The minimum Gasteiger partial charge on any atom is -0.465 e. The lowest BCUT2D eigenvalue weighted by Crippen LogP contribution is -2.62. The molecule has 6 nitrogen and oxygen atoms in total. The van der Waals surface area contributed by atoms with E-state index in [0.29, 0.717) is 12.8 Å². The standard InChI is InChI=1S/C12H22N2O4/c1-4-18-10(17)14-12(13-9(15)16)7-5-11(2,3)6-8-12/h13H,4-8H2,1-3H3,(H,14,17)(H,15,16). The number of amides is 2. The number of rotatable bonds is 3. The maximum atomic E-state index is 11.5. The largest absolute Gasteiger partial charge is 0.465 e. The summed E-state index contributed by atoms with van der Waals surface area (Å²) in [5.41, 5.74) is -0.715. The van der Waals surface area contributed by atoms with E-state index in [-0.39, 0.29) is 12.0 Å². The molecule has 0 aliphatic heterocycles. The first-order chi connectivity index (χ1) is 8.29. The smallest absolute Gasteiger partial charge is 0.408 e. The van der Waals surface area contributed by atoms with Gasteiger partial charge in [0, 0.05) is 0 Å². The number of hydrogen-bond donors (Lipinski definition) is 3. The molecular formula is C12H22N2O4. The SMILES string of the molecule is CCOC(=O)NC1(NC(=O)O)CCC(C)(C)CC1. The Hall–Kier alpha value is -1.46. The average Bonchev–Trinajstić information content (AvgIpc) is 2.22. The number of nitrogens with one attached hydrogen (secondary N) is 2. The molecule has 104 valence electrons. The highest BCUT2D eigenvalue weighted by Gasteiger charge is 2.41. The molecule has 6 heteroatoms. The Balaban J connectivity index is 2.71. The fraction of sp³-hybridized carbons (Fsp3) is 0.833. The third kappa shape index (κ3) is 4.09. The number of carbonyl (C=O) groups excluding carboxylic acids is 1. The van der Waals surface area contributed by atoms with Crippen LogP contribution in [0.25, 0.3) is 0 Å². The van der Waals surface area contributed by atoms with Crippen LogP contribution in [0, 0.1) is 5.41 Å². The van der Waals surface area contributed by atoms with Crippen molar-refractivity contribution in [3.63, 3.8) is 0 Å². The summed E-state index contributed by atoms with van der Waals surface area (Å²) in [5.74, 6) is 0. The Labute approximate surface area is 107 Å². The highest BCUT2D eigenvalue weighted by atomic mass is 16.5. The molecule has 1 rings (SSSR count). The molecule has 0 bridgehead atoms. The predicted molar refractivity (Wildman–Crippen MR) is 66.3 cm³/mol. The number of hydrogen-bond acceptors (Lipinski definition) is 3. The van der Waals surface area contributed by atoms with E-state index < -0.39 is 17.8 Å². The molecule has 3 N–H and O–H groups in total. The molecule has 1 fully saturated rings. The van der Waals surface area contributed by atoms with Crippen molar-refractivity contribution in [2.24, 2.45) is 5.41 Å². The van der Waals surface area contributed by atoms with E-state index in [4.69, 9.17) is 9.84 Å². The van der Waals surface area contributed by atoms with Gasteiger partial charge in [0.15, 0.2) is 0 Å². The van der Waals surface area contributed by atoms with Gasteiger partial charge in [0.2, 0.25) is 0 Å². The lowest BCUT2D eigenvalue weighted by atomic mass is 9.73. The molecular weight excluding hydrogens is 236 g/mol. The predicted octanol–water partition coefficient (Wildman–Crippen LogP) is 2.30. The zero-order valence-electron chi connectivity index (χ0n) is 11.2. The van der Waals surface area contributed by atoms with Gasteiger partial charge in [-0.1, -0.05) is 13.8 Å². The van der Waals surface area contributed by atoms with Crippen molar-refractivity contribution in [1.82, 2.24) is 10.6 Å². The monoisotopic (exact) mass is 258 g/mol. The number of ether oxygens (including phenoxy) is 1. The van der Waals surface area contributed by atoms with Gasteiger partial charge in [-0.25, -0.2) is 9.59 Å². The van der Waals surface area contributed by atoms with Crippen LogP contribution in [0.2, 0.25) is 0 Å². The van der Waals surface area contributed by atoms with Crippen molar-refractivity contribution >= 4 is 12.2 Å². The first-order valence-corrected chi connectivity index (χ1v) is 6.25. The second kappa shape index (κ2) is 5.46. The van der Waals surface area contributed by atoms with Crippen LogP contribution in [0.15, 0.2) is 0 Å². The molecule has 0 radical (unpaired) electrons. The molecule has 1 aliphatic carbocycles. The Bertz CT molecular complexity index is 318. The van der Waals surface area contributed by atoms with Crippen molar-refractivity contribution in [3.05, 3.63) is 0 Å². The van der Waals surface area contributed by atoms with Crippen LogP contribution in [0.3, 0.4) is 0 Å². The van der Waals surface area contributed by atoms with Crippen LogP contribution in [0.1, 0.15) is 46.5 Å². The maximum Gasteiger partial charge on any atom is 0.408 e. The van der Waals surface area contributed by atoms with Crippen molar-refractivity contribution in [3.8, 4) is 0 Å². The van der Waals surface area contributed by atoms with Crippen LogP contribution in [-0.2, 0) is 4.74 Å². The molecule has 0 atom stereocenters.